The number of aryl methyl sites for hydroxylation is 2. The van der Waals surface area contributed by atoms with E-state index < -0.39 is 0 Å². The number of thioether (sulfide) groups is 1. The minimum Gasteiger partial charge on any atom is -0.508 e. The highest BCUT2D eigenvalue weighted by Crippen LogP contribution is 2.35. The topological polar surface area (TPSA) is 106 Å². The van der Waals surface area contributed by atoms with E-state index >= 15 is 0 Å². The van der Waals surface area contributed by atoms with Gasteiger partial charge in [0.25, 0.3) is 11.5 Å². The van der Waals surface area contributed by atoms with Gasteiger partial charge in [-0.1, -0.05) is 18.7 Å². The molecule has 1 amide bonds. The van der Waals surface area contributed by atoms with Gasteiger partial charge in [-0.15, -0.1) is 11.3 Å². The number of ether oxygens (including phenoxy) is 1. The molecule has 0 saturated carbocycles. The van der Waals surface area contributed by atoms with Gasteiger partial charge in [0.1, 0.15) is 16.3 Å². The quantitative estimate of drug-likeness (QED) is 0.138. The Morgan fingerprint density at radius 2 is 1.89 bits per heavy atom. The molecule has 0 bridgehead atoms. The summed E-state index contributed by atoms with van der Waals surface area (Å²) in [6.45, 7) is 1.94. The number of rotatable bonds is 8. The molecular formula is C28H28N4O4S2. The first-order valence-electron chi connectivity index (χ1n) is 12.5. The van der Waals surface area contributed by atoms with Crippen molar-refractivity contribution >= 4 is 44.9 Å². The highest BCUT2D eigenvalue weighted by Gasteiger charge is 2.23. The summed E-state index contributed by atoms with van der Waals surface area (Å²) in [5.41, 5.74) is 5.82. The van der Waals surface area contributed by atoms with Gasteiger partial charge in [-0.25, -0.2) is 10.4 Å². The predicted octanol–water partition coefficient (Wildman–Crippen LogP) is 5.06. The molecule has 2 aromatic carbocycles. The third kappa shape index (κ3) is 5.32. The summed E-state index contributed by atoms with van der Waals surface area (Å²) in [6, 6.07) is 13.9. The molecule has 1 aliphatic carbocycles. The molecule has 0 spiro atoms. The van der Waals surface area contributed by atoms with Crippen molar-refractivity contribution in [1.82, 2.24) is 15.0 Å². The Balaban J connectivity index is 1.44. The lowest BCUT2D eigenvalue weighted by atomic mass is 9.97. The lowest BCUT2D eigenvalue weighted by Gasteiger charge is -2.14. The van der Waals surface area contributed by atoms with Crippen LogP contribution in [-0.2, 0) is 17.6 Å². The summed E-state index contributed by atoms with van der Waals surface area (Å²) in [4.78, 5) is 33.5. The van der Waals surface area contributed by atoms with Gasteiger partial charge in [-0.05, 0) is 91.8 Å². The Labute approximate surface area is 228 Å². The van der Waals surface area contributed by atoms with Crippen LogP contribution in [0.5, 0.6) is 11.5 Å². The van der Waals surface area contributed by atoms with Crippen LogP contribution in [0.15, 0.2) is 63.6 Å². The average Bonchev–Trinajstić information content (AvgIpc) is 3.32. The number of hydrogen-bond donors (Lipinski definition) is 2. The summed E-state index contributed by atoms with van der Waals surface area (Å²) in [5.74, 6) is 0.593. The van der Waals surface area contributed by atoms with E-state index in [-0.39, 0.29) is 23.0 Å². The second-order valence-electron chi connectivity index (χ2n) is 8.91. The maximum Gasteiger partial charge on any atom is 0.267 e. The minimum atomic E-state index is -0.305. The number of fused-ring (bicyclic) bond motifs is 3. The van der Waals surface area contributed by atoms with E-state index in [0.29, 0.717) is 34.1 Å². The van der Waals surface area contributed by atoms with Crippen LogP contribution in [-0.4, -0.2) is 39.1 Å². The molecule has 8 nitrogen and oxygen atoms in total. The van der Waals surface area contributed by atoms with E-state index in [9.17, 15) is 14.7 Å². The van der Waals surface area contributed by atoms with Crippen LogP contribution in [0.3, 0.4) is 0 Å². The zero-order valence-electron chi connectivity index (χ0n) is 21.2. The molecule has 0 fully saturated rings. The van der Waals surface area contributed by atoms with Crippen LogP contribution in [0.2, 0.25) is 0 Å². The number of hydrazone groups is 1. The van der Waals surface area contributed by atoms with Crippen LogP contribution >= 0.6 is 23.1 Å². The average molecular weight is 549 g/mol. The molecule has 5 rings (SSSR count). The van der Waals surface area contributed by atoms with Crippen molar-refractivity contribution in [2.24, 2.45) is 5.10 Å². The Bertz CT molecular complexity index is 1560. The summed E-state index contributed by atoms with van der Waals surface area (Å²) < 4.78 is 6.88. The van der Waals surface area contributed by atoms with E-state index in [2.05, 4.69) is 10.5 Å². The van der Waals surface area contributed by atoms with Crippen LogP contribution in [0, 0.1) is 0 Å². The monoisotopic (exact) mass is 548 g/mol. The number of phenolic OH excluding ortho intramolecular Hbond substituents is 1. The Kier molecular flexibility index (Phi) is 7.80. The van der Waals surface area contributed by atoms with Gasteiger partial charge in [-0.3, -0.25) is 14.2 Å². The number of phenols is 1. The first-order valence-corrected chi connectivity index (χ1v) is 14.3. The highest BCUT2D eigenvalue weighted by molar-refractivity contribution is 7.99. The number of hydrogen-bond acceptors (Lipinski definition) is 8. The summed E-state index contributed by atoms with van der Waals surface area (Å²) in [7, 11) is 1.60. The van der Waals surface area contributed by atoms with Crippen LogP contribution < -0.4 is 15.7 Å². The van der Waals surface area contributed by atoms with Gasteiger partial charge in [-0.2, -0.15) is 5.10 Å². The number of thiophene rings is 1. The second kappa shape index (κ2) is 11.4. The fourth-order valence-corrected chi connectivity index (χ4v) is 6.64. The van der Waals surface area contributed by atoms with Gasteiger partial charge in [0.2, 0.25) is 0 Å². The van der Waals surface area contributed by atoms with Gasteiger partial charge in [0, 0.05) is 4.88 Å². The largest absolute Gasteiger partial charge is 0.508 e. The zero-order chi connectivity index (χ0) is 26.6. The van der Waals surface area contributed by atoms with Gasteiger partial charge < -0.3 is 9.84 Å². The lowest BCUT2D eigenvalue weighted by molar-refractivity contribution is -0.118. The first kappa shape index (κ1) is 26.0. The van der Waals surface area contributed by atoms with Crippen molar-refractivity contribution < 1.29 is 14.6 Å². The van der Waals surface area contributed by atoms with E-state index in [1.807, 2.05) is 19.1 Å². The van der Waals surface area contributed by atoms with E-state index in [1.165, 1.54) is 16.6 Å². The lowest BCUT2D eigenvalue weighted by Crippen LogP contribution is -2.25. The number of nitrogens with one attached hydrogen (secondary N) is 1. The second-order valence-corrected chi connectivity index (χ2v) is 10.9. The molecule has 0 atom stereocenters. The number of aromatic hydroxyl groups is 1. The Hall–Kier alpha value is -3.63. The molecule has 10 heteroatoms. The molecule has 2 heterocycles. The molecule has 1 aliphatic rings. The van der Waals surface area contributed by atoms with Gasteiger partial charge >= 0.3 is 0 Å². The number of benzene rings is 2. The fraction of sp³-hybridized carbons (Fsp3) is 0.286. The molecular weight excluding hydrogens is 520 g/mol. The minimum absolute atomic E-state index is 0.0370. The maximum atomic E-state index is 13.9. The van der Waals surface area contributed by atoms with Crippen molar-refractivity contribution in [3.63, 3.8) is 0 Å². The Morgan fingerprint density at radius 3 is 2.61 bits per heavy atom. The molecule has 196 valence electrons. The molecule has 0 radical (unpaired) electrons. The number of carbonyl (C=O) groups excluding carboxylic acids is 1. The first-order chi connectivity index (χ1) is 18.5. The number of aromatic nitrogens is 2. The molecule has 2 aromatic heterocycles. The molecule has 0 unspecified atom stereocenters. The molecule has 38 heavy (non-hydrogen) atoms. The number of carbonyl (C=O) groups is 1. The summed E-state index contributed by atoms with van der Waals surface area (Å²) in [5, 5.41) is 15.0. The van der Waals surface area contributed by atoms with E-state index in [4.69, 9.17) is 9.72 Å². The van der Waals surface area contributed by atoms with Crippen LogP contribution in [0.1, 0.15) is 42.2 Å². The van der Waals surface area contributed by atoms with Crippen LogP contribution in [0.4, 0.5) is 0 Å². The van der Waals surface area contributed by atoms with Crippen molar-refractivity contribution in [3.05, 3.63) is 74.9 Å². The highest BCUT2D eigenvalue weighted by atomic mass is 32.2. The maximum absolute atomic E-state index is 13.9. The van der Waals surface area contributed by atoms with E-state index in [1.54, 1.807) is 59.4 Å². The zero-order valence-corrected chi connectivity index (χ0v) is 22.8. The normalized spacial score (nSPS) is 13.4. The smallest absolute Gasteiger partial charge is 0.267 e. The van der Waals surface area contributed by atoms with Crippen molar-refractivity contribution in [2.45, 2.75) is 44.2 Å². The number of methoxy groups -OCH3 is 1. The summed E-state index contributed by atoms with van der Waals surface area (Å²) >= 11 is 2.79. The molecule has 0 aliphatic heterocycles. The summed E-state index contributed by atoms with van der Waals surface area (Å²) in [6.07, 6.45) is 4.67. The van der Waals surface area contributed by atoms with Gasteiger partial charge in [0.15, 0.2) is 5.16 Å². The van der Waals surface area contributed by atoms with Crippen molar-refractivity contribution in [2.75, 3.05) is 12.9 Å². The van der Waals surface area contributed by atoms with Crippen molar-refractivity contribution in [1.29, 1.82) is 0 Å². The molecule has 4 aromatic rings. The number of nitrogens with zero attached hydrogens (tertiary/aromatic N) is 3. The number of amides is 1. The van der Waals surface area contributed by atoms with Crippen molar-refractivity contribution in [3.8, 4) is 17.2 Å². The Morgan fingerprint density at radius 1 is 1.16 bits per heavy atom. The third-order valence-electron chi connectivity index (χ3n) is 6.47. The SMILES string of the molecule is CCC(=NNC(=O)CSc1nc2sc3c(c2c(=O)n1-c1ccc(OC)cc1)CCCC3)c1ccc(O)cc1. The molecule has 2 N–H and O–H groups in total. The standard InChI is InChI=1S/C28H28N4O4S2/c1-3-22(17-8-12-19(33)13-9-17)30-31-24(34)16-37-28-29-26-25(21-6-4-5-7-23(21)38-26)27(35)32(28)18-10-14-20(36-2)15-11-18/h8-15,33H,3-7,16H2,1-2H3,(H,31,34). The fourth-order valence-electron chi connectivity index (χ4n) is 4.54. The predicted molar refractivity (Wildman–Crippen MR) is 152 cm³/mol. The molecule has 0 saturated heterocycles. The van der Waals surface area contributed by atoms with Gasteiger partial charge in [0.05, 0.1) is 29.6 Å². The van der Waals surface area contributed by atoms with E-state index in [0.717, 1.165) is 41.6 Å². The van der Waals surface area contributed by atoms with Crippen LogP contribution in [0.25, 0.3) is 15.9 Å². The third-order valence-corrected chi connectivity index (χ3v) is 8.60.